The fraction of sp³-hybridized carbons (Fsp3) is 0.421. The van der Waals surface area contributed by atoms with Gasteiger partial charge in [0, 0.05) is 17.9 Å². The molecule has 2 heterocycles. The molecular weight excluding hydrogens is 304 g/mol. The number of quaternary nitrogens is 1. The molecule has 2 aliphatic rings. The van der Waals surface area contributed by atoms with Crippen molar-refractivity contribution >= 4 is 17.2 Å². The number of carbonyl (C=O) groups is 1. The summed E-state index contributed by atoms with van der Waals surface area (Å²) in [6.07, 6.45) is 3.27. The molecule has 3 nitrogen and oxygen atoms in total. The van der Waals surface area contributed by atoms with Crippen LogP contribution in [0.2, 0.25) is 0 Å². The summed E-state index contributed by atoms with van der Waals surface area (Å²) in [5.41, 5.74) is 2.95. The third kappa shape index (κ3) is 3.33. The number of rotatable bonds is 5. The minimum absolute atomic E-state index is 0.253. The summed E-state index contributed by atoms with van der Waals surface area (Å²) < 4.78 is 0. The van der Waals surface area contributed by atoms with Gasteiger partial charge in [-0.15, -0.1) is 11.3 Å². The lowest BCUT2D eigenvalue weighted by molar-refractivity contribution is -0.945. The van der Waals surface area contributed by atoms with Gasteiger partial charge in [0.2, 0.25) is 5.91 Å². The molecule has 0 spiro atoms. The maximum absolute atomic E-state index is 12.0. The van der Waals surface area contributed by atoms with Gasteiger partial charge in [-0.1, -0.05) is 30.3 Å². The first-order valence-corrected chi connectivity index (χ1v) is 9.41. The van der Waals surface area contributed by atoms with E-state index in [9.17, 15) is 4.79 Å². The van der Waals surface area contributed by atoms with E-state index in [2.05, 4.69) is 47.1 Å². The van der Waals surface area contributed by atoms with Gasteiger partial charge < -0.3 is 10.2 Å². The van der Waals surface area contributed by atoms with Gasteiger partial charge in [-0.3, -0.25) is 4.79 Å². The fourth-order valence-electron chi connectivity index (χ4n) is 3.53. The first kappa shape index (κ1) is 14.9. The van der Waals surface area contributed by atoms with Gasteiger partial charge in [-0.05, 0) is 29.9 Å². The number of carbonyl (C=O) groups excluding carboxylic acids is 1. The molecule has 1 aromatic carbocycles. The molecule has 0 radical (unpaired) electrons. The molecule has 2 N–H and O–H groups in total. The van der Waals surface area contributed by atoms with Crippen LogP contribution in [0.4, 0.5) is 0 Å². The maximum atomic E-state index is 12.0. The predicted octanol–water partition coefficient (Wildman–Crippen LogP) is 1.96. The summed E-state index contributed by atoms with van der Waals surface area (Å²) in [6.45, 7) is 2.95. The molecule has 1 amide bonds. The van der Waals surface area contributed by atoms with Crippen molar-refractivity contribution in [2.24, 2.45) is 5.92 Å². The summed E-state index contributed by atoms with van der Waals surface area (Å²) in [5.74, 6) is 0.541. The van der Waals surface area contributed by atoms with Crippen LogP contribution in [0.15, 0.2) is 41.8 Å². The highest BCUT2D eigenvalue weighted by atomic mass is 32.1. The molecule has 4 heteroatoms. The highest BCUT2D eigenvalue weighted by Gasteiger charge is 2.33. The second-order valence-corrected chi connectivity index (χ2v) is 7.67. The molecule has 4 rings (SSSR count). The lowest BCUT2D eigenvalue weighted by Crippen LogP contribution is -3.12. The maximum Gasteiger partial charge on any atom is 0.223 e. The van der Waals surface area contributed by atoms with Crippen LogP contribution in [0.25, 0.3) is 0 Å². The predicted molar refractivity (Wildman–Crippen MR) is 92.5 cm³/mol. The smallest absolute Gasteiger partial charge is 0.223 e. The minimum Gasteiger partial charge on any atom is -0.349 e. The molecular formula is C19H23N2OS+. The molecule has 1 unspecified atom stereocenters. The van der Waals surface area contributed by atoms with Gasteiger partial charge >= 0.3 is 0 Å². The third-order valence-corrected chi connectivity index (χ3v) is 6.05. The number of benzene rings is 1. The molecule has 1 aromatic heterocycles. The normalized spacial score (nSPS) is 21.5. The Labute approximate surface area is 141 Å². The largest absolute Gasteiger partial charge is 0.349 e. The summed E-state index contributed by atoms with van der Waals surface area (Å²) in [6, 6.07) is 13.5. The Bertz CT molecular complexity index is 678. The van der Waals surface area contributed by atoms with Gasteiger partial charge in [-0.2, -0.15) is 0 Å². The monoisotopic (exact) mass is 327 g/mol. The van der Waals surface area contributed by atoms with Gasteiger partial charge in [0.05, 0.1) is 18.0 Å². The van der Waals surface area contributed by atoms with Crippen molar-refractivity contribution in [3.05, 3.63) is 57.8 Å². The van der Waals surface area contributed by atoms with Crippen LogP contribution in [0.1, 0.15) is 34.9 Å². The van der Waals surface area contributed by atoms with Gasteiger partial charge in [0.15, 0.2) is 0 Å². The molecule has 2 atom stereocenters. The van der Waals surface area contributed by atoms with E-state index in [0.29, 0.717) is 6.04 Å². The third-order valence-electron chi connectivity index (χ3n) is 5.06. The lowest BCUT2D eigenvalue weighted by Gasteiger charge is -2.32. The topological polar surface area (TPSA) is 33.5 Å². The van der Waals surface area contributed by atoms with Gasteiger partial charge in [0.25, 0.3) is 0 Å². The Morgan fingerprint density at radius 2 is 2.04 bits per heavy atom. The highest BCUT2D eigenvalue weighted by molar-refractivity contribution is 7.10. The molecule has 1 aliphatic heterocycles. The molecule has 1 saturated carbocycles. The van der Waals surface area contributed by atoms with Gasteiger partial charge in [-0.25, -0.2) is 0 Å². The zero-order valence-corrected chi connectivity index (χ0v) is 14.1. The van der Waals surface area contributed by atoms with Crippen LogP contribution < -0.4 is 10.2 Å². The minimum atomic E-state index is 0.253. The van der Waals surface area contributed by atoms with Crippen LogP contribution in [0, 0.1) is 5.92 Å². The lowest BCUT2D eigenvalue weighted by atomic mass is 9.98. The Morgan fingerprint density at radius 3 is 2.78 bits per heavy atom. The average molecular weight is 327 g/mol. The molecule has 2 aromatic rings. The molecule has 23 heavy (non-hydrogen) atoms. The molecule has 1 aliphatic carbocycles. The van der Waals surface area contributed by atoms with Gasteiger partial charge in [0.1, 0.15) is 12.6 Å². The second-order valence-electron chi connectivity index (χ2n) is 6.69. The van der Waals surface area contributed by atoms with Crippen molar-refractivity contribution in [2.75, 3.05) is 13.1 Å². The zero-order chi connectivity index (χ0) is 15.6. The Morgan fingerprint density at radius 1 is 1.22 bits per heavy atom. The van der Waals surface area contributed by atoms with E-state index in [1.807, 2.05) is 11.3 Å². The van der Waals surface area contributed by atoms with Crippen molar-refractivity contribution in [1.82, 2.24) is 5.32 Å². The van der Waals surface area contributed by atoms with E-state index in [1.165, 1.54) is 16.0 Å². The van der Waals surface area contributed by atoms with E-state index in [-0.39, 0.29) is 11.8 Å². The van der Waals surface area contributed by atoms with Crippen molar-refractivity contribution < 1.29 is 9.69 Å². The molecule has 120 valence electrons. The summed E-state index contributed by atoms with van der Waals surface area (Å²) >= 11 is 1.81. The van der Waals surface area contributed by atoms with Crippen LogP contribution in [-0.4, -0.2) is 19.0 Å². The second kappa shape index (κ2) is 6.46. The SMILES string of the molecule is O=C(NC[C@H](c1cccs1)[NH+]1CCc2ccccc2C1)C1CC1. The number of hydrogen-bond donors (Lipinski definition) is 2. The summed E-state index contributed by atoms with van der Waals surface area (Å²) in [7, 11) is 0. The summed E-state index contributed by atoms with van der Waals surface area (Å²) in [5, 5.41) is 5.34. The van der Waals surface area contributed by atoms with E-state index in [1.54, 1.807) is 4.90 Å². The van der Waals surface area contributed by atoms with E-state index in [4.69, 9.17) is 0 Å². The molecule has 1 fully saturated rings. The van der Waals surface area contributed by atoms with E-state index in [0.717, 1.165) is 38.9 Å². The molecule has 0 saturated heterocycles. The Balaban J connectivity index is 1.50. The van der Waals surface area contributed by atoms with Crippen molar-refractivity contribution in [3.63, 3.8) is 0 Å². The van der Waals surface area contributed by atoms with Crippen molar-refractivity contribution in [2.45, 2.75) is 31.8 Å². The highest BCUT2D eigenvalue weighted by Crippen LogP contribution is 2.29. The average Bonchev–Trinajstić information content (AvgIpc) is 3.31. The Hall–Kier alpha value is -1.65. The van der Waals surface area contributed by atoms with Crippen LogP contribution >= 0.6 is 11.3 Å². The fourth-order valence-corrected chi connectivity index (χ4v) is 4.41. The first-order valence-electron chi connectivity index (χ1n) is 8.54. The van der Waals surface area contributed by atoms with Crippen LogP contribution in [-0.2, 0) is 17.8 Å². The number of fused-ring (bicyclic) bond motifs is 1. The standard InChI is InChI=1S/C19H22N2OS/c22-19(15-7-8-15)20-12-17(18-6-3-11-23-18)21-10-9-14-4-1-2-5-16(14)13-21/h1-6,11,15,17H,7-10,12-13H2,(H,20,22)/p+1/t17-/m1/s1. The number of nitrogens with one attached hydrogen (secondary N) is 2. The quantitative estimate of drug-likeness (QED) is 0.865. The number of thiophene rings is 1. The number of hydrogen-bond acceptors (Lipinski definition) is 2. The van der Waals surface area contributed by atoms with Crippen molar-refractivity contribution in [1.29, 1.82) is 0 Å². The zero-order valence-electron chi connectivity index (χ0n) is 13.3. The van der Waals surface area contributed by atoms with E-state index < -0.39 is 0 Å². The summed E-state index contributed by atoms with van der Waals surface area (Å²) in [4.78, 5) is 15.0. The number of amides is 1. The van der Waals surface area contributed by atoms with Crippen LogP contribution in [0.3, 0.4) is 0 Å². The van der Waals surface area contributed by atoms with Crippen molar-refractivity contribution in [3.8, 4) is 0 Å². The Kier molecular flexibility index (Phi) is 4.19. The van der Waals surface area contributed by atoms with Crippen LogP contribution in [0.5, 0.6) is 0 Å². The molecule has 0 bridgehead atoms. The van der Waals surface area contributed by atoms with E-state index >= 15 is 0 Å². The first-order chi connectivity index (χ1) is 11.3.